The van der Waals surface area contributed by atoms with Gasteiger partial charge in [-0.05, 0) is 92.7 Å². The highest BCUT2D eigenvalue weighted by atomic mass is 127. The van der Waals surface area contributed by atoms with E-state index in [9.17, 15) is 4.79 Å². The highest BCUT2D eigenvalue weighted by Gasteiger charge is 2.07. The summed E-state index contributed by atoms with van der Waals surface area (Å²) >= 11 is 7.07. The maximum Gasteiger partial charge on any atom is 0.303 e. The van der Waals surface area contributed by atoms with E-state index in [1.165, 1.54) is 81.3 Å². The summed E-state index contributed by atoms with van der Waals surface area (Å²) in [5, 5.41) is 8.59. The van der Waals surface area contributed by atoms with Gasteiger partial charge in [-0.25, -0.2) is 0 Å². The lowest BCUT2D eigenvalue weighted by molar-refractivity contribution is -0.137. The first-order valence-corrected chi connectivity index (χ1v) is 14.2. The number of carboxylic acids is 1. The highest BCUT2D eigenvalue weighted by Crippen LogP contribution is 2.29. The molecular formula is C23H35I3O3. The Kier molecular flexibility index (Phi) is 17.5. The zero-order chi connectivity index (χ0) is 21.3. The molecule has 6 heteroatoms. The van der Waals surface area contributed by atoms with Gasteiger partial charge >= 0.3 is 5.97 Å². The van der Waals surface area contributed by atoms with Gasteiger partial charge in [-0.2, -0.15) is 0 Å². The topological polar surface area (TPSA) is 46.5 Å². The average molecular weight is 740 g/mol. The van der Waals surface area contributed by atoms with Gasteiger partial charge in [0.25, 0.3) is 0 Å². The Morgan fingerprint density at radius 2 is 1.07 bits per heavy atom. The molecule has 0 saturated heterocycles. The van der Waals surface area contributed by atoms with Crippen LogP contribution in [0.2, 0.25) is 0 Å². The van der Waals surface area contributed by atoms with Gasteiger partial charge in [-0.1, -0.05) is 77.0 Å². The van der Waals surface area contributed by atoms with Crippen LogP contribution in [0, 0.1) is 10.7 Å². The summed E-state index contributed by atoms with van der Waals surface area (Å²) in [6.45, 7) is 0.822. The van der Waals surface area contributed by atoms with Crippen molar-refractivity contribution in [2.24, 2.45) is 0 Å². The molecule has 0 bridgehead atoms. The second-order valence-corrected chi connectivity index (χ2v) is 11.2. The summed E-state index contributed by atoms with van der Waals surface area (Å²) in [6, 6.07) is 4.34. The third-order valence-electron chi connectivity index (χ3n) is 4.99. The Labute approximate surface area is 217 Å². The molecule has 0 aromatic heterocycles. The van der Waals surface area contributed by atoms with Crippen molar-refractivity contribution in [3.8, 4) is 5.75 Å². The van der Waals surface area contributed by atoms with Crippen molar-refractivity contribution in [3.63, 3.8) is 0 Å². The van der Waals surface area contributed by atoms with Gasteiger partial charge in [0.2, 0.25) is 0 Å². The highest BCUT2D eigenvalue weighted by molar-refractivity contribution is 14.1. The molecule has 166 valence electrons. The van der Waals surface area contributed by atoms with E-state index in [2.05, 4.69) is 79.9 Å². The number of rotatable bonds is 18. The van der Waals surface area contributed by atoms with Crippen LogP contribution >= 0.6 is 67.8 Å². The van der Waals surface area contributed by atoms with Crippen molar-refractivity contribution in [2.45, 2.75) is 96.3 Å². The average Bonchev–Trinajstić information content (AvgIpc) is 2.65. The number of hydrogen-bond acceptors (Lipinski definition) is 2. The summed E-state index contributed by atoms with van der Waals surface area (Å²) in [5.41, 5.74) is 0. The fourth-order valence-electron chi connectivity index (χ4n) is 3.34. The Morgan fingerprint density at radius 1 is 0.690 bits per heavy atom. The molecule has 1 rings (SSSR count). The molecule has 1 aromatic carbocycles. The predicted octanol–water partition coefficient (Wildman–Crippen LogP) is 8.82. The fourth-order valence-corrected chi connectivity index (χ4v) is 7.23. The number of halogens is 3. The van der Waals surface area contributed by atoms with Gasteiger partial charge in [0.15, 0.2) is 0 Å². The molecule has 1 N–H and O–H groups in total. The quantitative estimate of drug-likeness (QED) is 0.121. The molecule has 0 atom stereocenters. The van der Waals surface area contributed by atoms with Gasteiger partial charge in [-0.3, -0.25) is 4.79 Å². The molecule has 0 fully saturated rings. The minimum atomic E-state index is -0.662. The van der Waals surface area contributed by atoms with Crippen LogP contribution in [-0.2, 0) is 4.79 Å². The Morgan fingerprint density at radius 3 is 1.48 bits per heavy atom. The van der Waals surface area contributed by atoms with E-state index in [4.69, 9.17) is 9.84 Å². The van der Waals surface area contributed by atoms with Crippen molar-refractivity contribution in [1.29, 1.82) is 0 Å². The number of ether oxygens (including phenoxy) is 1. The zero-order valence-corrected chi connectivity index (χ0v) is 23.8. The van der Waals surface area contributed by atoms with Crippen molar-refractivity contribution in [2.75, 3.05) is 6.61 Å². The third-order valence-corrected chi connectivity index (χ3v) is 7.22. The maximum absolute atomic E-state index is 10.4. The summed E-state index contributed by atoms with van der Waals surface area (Å²) in [5.74, 6) is 0.386. The number of carboxylic acid groups (broad SMARTS) is 1. The van der Waals surface area contributed by atoms with E-state index in [1.807, 2.05) is 0 Å². The summed E-state index contributed by atoms with van der Waals surface area (Å²) in [6.07, 6.45) is 17.9. The van der Waals surface area contributed by atoms with E-state index in [1.54, 1.807) is 0 Å². The second-order valence-electron chi connectivity index (χ2n) is 7.64. The van der Waals surface area contributed by atoms with Crippen molar-refractivity contribution >= 4 is 73.7 Å². The van der Waals surface area contributed by atoms with Gasteiger partial charge in [0.05, 0.1) is 13.7 Å². The Bertz CT molecular complexity index is 555. The summed E-state index contributed by atoms with van der Waals surface area (Å²) < 4.78 is 9.67. The van der Waals surface area contributed by atoms with E-state index >= 15 is 0 Å². The number of benzene rings is 1. The molecule has 0 spiro atoms. The second kappa shape index (κ2) is 18.3. The molecule has 0 amide bonds. The molecule has 0 aliphatic rings. The predicted molar refractivity (Wildman–Crippen MR) is 147 cm³/mol. The molecule has 0 unspecified atom stereocenters. The van der Waals surface area contributed by atoms with Crippen LogP contribution in [0.15, 0.2) is 12.1 Å². The first kappa shape index (κ1) is 27.7. The van der Waals surface area contributed by atoms with E-state index in [0.717, 1.165) is 31.6 Å². The minimum Gasteiger partial charge on any atom is -0.491 e. The molecular weight excluding hydrogens is 705 g/mol. The fraction of sp³-hybridized carbons (Fsp3) is 0.696. The van der Waals surface area contributed by atoms with E-state index in [0.29, 0.717) is 6.42 Å². The third kappa shape index (κ3) is 15.2. The maximum atomic E-state index is 10.4. The van der Waals surface area contributed by atoms with Crippen LogP contribution in [0.1, 0.15) is 96.3 Å². The van der Waals surface area contributed by atoms with Gasteiger partial charge in [0.1, 0.15) is 5.75 Å². The lowest BCUT2D eigenvalue weighted by Crippen LogP contribution is -2.01. The first-order chi connectivity index (χ1) is 14.0. The monoisotopic (exact) mass is 740 g/mol. The smallest absolute Gasteiger partial charge is 0.303 e. The summed E-state index contributed by atoms with van der Waals surface area (Å²) in [4.78, 5) is 10.4. The van der Waals surface area contributed by atoms with Crippen LogP contribution in [0.5, 0.6) is 5.75 Å². The van der Waals surface area contributed by atoms with E-state index < -0.39 is 5.97 Å². The minimum absolute atomic E-state index is 0.332. The largest absolute Gasteiger partial charge is 0.491 e. The van der Waals surface area contributed by atoms with Crippen LogP contribution in [0.3, 0.4) is 0 Å². The molecule has 0 aliphatic heterocycles. The van der Waals surface area contributed by atoms with Crippen LogP contribution < -0.4 is 4.74 Å². The number of aliphatic carboxylic acids is 1. The Hall–Kier alpha value is 0.680. The molecule has 3 nitrogen and oxygen atoms in total. The molecule has 0 aliphatic carbocycles. The zero-order valence-electron chi connectivity index (χ0n) is 17.4. The lowest BCUT2D eigenvalue weighted by Gasteiger charge is -2.11. The standard InChI is InChI=1S/C23H35I3O3/c24-19-17-20(25)23(21(26)18-19)29-16-14-12-10-8-6-4-2-1-3-5-7-9-11-13-15-22(27)28/h17-18H,1-16H2,(H,27,28). The van der Waals surface area contributed by atoms with Gasteiger partial charge in [0, 0.05) is 9.99 Å². The van der Waals surface area contributed by atoms with Crippen LogP contribution in [-0.4, -0.2) is 17.7 Å². The molecule has 1 aromatic rings. The van der Waals surface area contributed by atoms with Crippen molar-refractivity contribution < 1.29 is 14.6 Å². The van der Waals surface area contributed by atoms with Crippen LogP contribution in [0.25, 0.3) is 0 Å². The first-order valence-electron chi connectivity index (χ1n) is 11.0. The lowest BCUT2D eigenvalue weighted by atomic mass is 10.0. The number of hydrogen-bond donors (Lipinski definition) is 1. The van der Waals surface area contributed by atoms with E-state index in [-0.39, 0.29) is 0 Å². The summed E-state index contributed by atoms with van der Waals surface area (Å²) in [7, 11) is 0. The van der Waals surface area contributed by atoms with Gasteiger partial charge in [-0.15, -0.1) is 0 Å². The van der Waals surface area contributed by atoms with Crippen LogP contribution in [0.4, 0.5) is 0 Å². The molecule has 29 heavy (non-hydrogen) atoms. The normalized spacial score (nSPS) is 11.0. The molecule has 0 radical (unpaired) electrons. The number of unbranched alkanes of at least 4 members (excludes halogenated alkanes) is 13. The molecule has 0 saturated carbocycles. The van der Waals surface area contributed by atoms with Crippen molar-refractivity contribution in [1.82, 2.24) is 0 Å². The number of carbonyl (C=O) groups is 1. The van der Waals surface area contributed by atoms with Gasteiger partial charge < -0.3 is 9.84 Å². The SMILES string of the molecule is O=C(O)CCCCCCCCCCCCCCCCOc1c(I)cc(I)cc1I. The van der Waals surface area contributed by atoms with Crippen molar-refractivity contribution in [3.05, 3.63) is 22.8 Å². The Balaban J connectivity index is 1.83. The molecule has 0 heterocycles.